The van der Waals surface area contributed by atoms with Gasteiger partial charge in [0.15, 0.2) is 0 Å². The van der Waals surface area contributed by atoms with Crippen LogP contribution < -0.4 is 4.90 Å². The summed E-state index contributed by atoms with van der Waals surface area (Å²) in [6.45, 7) is 4.64. The SMILES string of the molecule is CCC1CN(C)CCCN1c1ncnc(Cl)c1[N+](=O)[O-]. The first-order valence-electron chi connectivity index (χ1n) is 6.64. The Morgan fingerprint density at radius 1 is 1.50 bits per heavy atom. The lowest BCUT2D eigenvalue weighted by molar-refractivity contribution is -0.384. The zero-order valence-electron chi connectivity index (χ0n) is 11.6. The Labute approximate surface area is 122 Å². The topological polar surface area (TPSA) is 75.4 Å². The van der Waals surface area contributed by atoms with E-state index < -0.39 is 4.92 Å². The molecule has 7 nitrogen and oxygen atoms in total. The van der Waals surface area contributed by atoms with E-state index in [1.807, 2.05) is 4.90 Å². The normalized spacial score (nSPS) is 20.8. The molecule has 2 rings (SSSR count). The van der Waals surface area contributed by atoms with Crippen LogP contribution in [-0.4, -0.2) is 52.5 Å². The first-order chi connectivity index (χ1) is 9.54. The first-order valence-corrected chi connectivity index (χ1v) is 7.02. The second kappa shape index (κ2) is 6.32. The molecule has 1 aliphatic heterocycles. The Morgan fingerprint density at radius 3 is 2.90 bits per heavy atom. The van der Waals surface area contributed by atoms with Crippen LogP contribution in [0.15, 0.2) is 6.33 Å². The van der Waals surface area contributed by atoms with E-state index in [2.05, 4.69) is 28.8 Å². The second-order valence-corrected chi connectivity index (χ2v) is 5.32. The molecule has 1 unspecified atom stereocenters. The first kappa shape index (κ1) is 14.9. The van der Waals surface area contributed by atoms with Gasteiger partial charge in [0.1, 0.15) is 6.33 Å². The molecule has 1 aromatic rings. The third-order valence-electron chi connectivity index (χ3n) is 3.59. The van der Waals surface area contributed by atoms with Gasteiger partial charge in [0.25, 0.3) is 0 Å². The highest BCUT2D eigenvalue weighted by Crippen LogP contribution is 2.33. The third kappa shape index (κ3) is 2.99. The molecule has 0 saturated carbocycles. The van der Waals surface area contributed by atoms with E-state index in [-0.39, 0.29) is 16.9 Å². The van der Waals surface area contributed by atoms with Gasteiger partial charge in [-0.2, -0.15) is 0 Å². The molecule has 110 valence electrons. The fraction of sp³-hybridized carbons (Fsp3) is 0.667. The average Bonchev–Trinajstić information content (AvgIpc) is 2.59. The highest BCUT2D eigenvalue weighted by Gasteiger charge is 2.31. The Hall–Kier alpha value is -1.47. The number of halogens is 1. The summed E-state index contributed by atoms with van der Waals surface area (Å²) in [5.41, 5.74) is -0.197. The molecule has 1 aromatic heterocycles. The highest BCUT2D eigenvalue weighted by molar-refractivity contribution is 6.31. The maximum Gasteiger partial charge on any atom is 0.348 e. The number of anilines is 1. The van der Waals surface area contributed by atoms with Crippen molar-refractivity contribution in [2.24, 2.45) is 0 Å². The Bertz CT molecular complexity index is 499. The summed E-state index contributed by atoms with van der Waals surface area (Å²) in [4.78, 5) is 22.8. The molecule has 2 heterocycles. The summed E-state index contributed by atoms with van der Waals surface area (Å²) in [6, 6.07) is 0.187. The van der Waals surface area contributed by atoms with E-state index in [0.29, 0.717) is 5.82 Å². The monoisotopic (exact) mass is 299 g/mol. The summed E-state index contributed by atoms with van der Waals surface area (Å²) in [5.74, 6) is 0.331. The lowest BCUT2D eigenvalue weighted by atomic mass is 10.2. The molecule has 0 N–H and O–H groups in total. The van der Waals surface area contributed by atoms with Crippen molar-refractivity contribution >= 4 is 23.1 Å². The van der Waals surface area contributed by atoms with Crippen LogP contribution >= 0.6 is 11.6 Å². The molecule has 1 atom stereocenters. The quantitative estimate of drug-likeness (QED) is 0.482. The van der Waals surface area contributed by atoms with Crippen molar-refractivity contribution in [1.82, 2.24) is 14.9 Å². The molecular weight excluding hydrogens is 282 g/mol. The van der Waals surface area contributed by atoms with Gasteiger partial charge in [-0.15, -0.1) is 0 Å². The molecule has 0 amide bonds. The van der Waals surface area contributed by atoms with Crippen molar-refractivity contribution in [2.75, 3.05) is 31.6 Å². The summed E-state index contributed by atoms with van der Waals surface area (Å²) < 4.78 is 0. The van der Waals surface area contributed by atoms with Crippen LogP contribution in [0, 0.1) is 10.1 Å². The highest BCUT2D eigenvalue weighted by atomic mass is 35.5. The van der Waals surface area contributed by atoms with Crippen molar-refractivity contribution in [3.8, 4) is 0 Å². The molecule has 0 aliphatic carbocycles. The smallest absolute Gasteiger partial charge is 0.346 e. The van der Waals surface area contributed by atoms with Crippen molar-refractivity contribution in [3.63, 3.8) is 0 Å². The molecule has 1 fully saturated rings. The van der Waals surface area contributed by atoms with Gasteiger partial charge in [0, 0.05) is 19.1 Å². The largest absolute Gasteiger partial charge is 0.348 e. The fourth-order valence-electron chi connectivity index (χ4n) is 2.59. The van der Waals surface area contributed by atoms with Crippen molar-refractivity contribution < 1.29 is 4.92 Å². The van der Waals surface area contributed by atoms with Crippen LogP contribution in [0.5, 0.6) is 0 Å². The summed E-state index contributed by atoms with van der Waals surface area (Å²) in [7, 11) is 2.06. The molecule has 8 heteroatoms. The number of nitro groups is 1. The zero-order valence-corrected chi connectivity index (χ0v) is 12.4. The van der Waals surface area contributed by atoms with E-state index in [1.54, 1.807) is 0 Å². The molecule has 1 saturated heterocycles. The van der Waals surface area contributed by atoms with Crippen LogP contribution in [0.1, 0.15) is 19.8 Å². The van der Waals surface area contributed by atoms with Gasteiger partial charge >= 0.3 is 5.69 Å². The Morgan fingerprint density at radius 2 is 2.25 bits per heavy atom. The van der Waals surface area contributed by atoms with E-state index in [9.17, 15) is 10.1 Å². The van der Waals surface area contributed by atoms with Gasteiger partial charge in [-0.3, -0.25) is 10.1 Å². The maximum atomic E-state index is 11.2. The van der Waals surface area contributed by atoms with Crippen LogP contribution in [-0.2, 0) is 0 Å². The van der Waals surface area contributed by atoms with Gasteiger partial charge in [-0.25, -0.2) is 9.97 Å². The minimum absolute atomic E-state index is 0.104. The predicted molar refractivity (Wildman–Crippen MR) is 77.2 cm³/mol. The minimum Gasteiger partial charge on any atom is -0.346 e. The van der Waals surface area contributed by atoms with E-state index >= 15 is 0 Å². The number of nitrogens with zero attached hydrogens (tertiary/aromatic N) is 5. The van der Waals surface area contributed by atoms with Gasteiger partial charge in [0.05, 0.1) is 4.92 Å². The van der Waals surface area contributed by atoms with Crippen LogP contribution in [0.3, 0.4) is 0 Å². The van der Waals surface area contributed by atoms with Gasteiger partial charge in [-0.05, 0) is 26.4 Å². The number of rotatable bonds is 3. The third-order valence-corrected chi connectivity index (χ3v) is 3.86. The molecular formula is C12H18ClN5O2. The van der Waals surface area contributed by atoms with E-state index in [4.69, 9.17) is 11.6 Å². The van der Waals surface area contributed by atoms with E-state index in [0.717, 1.165) is 32.5 Å². The minimum atomic E-state index is -0.501. The number of hydrogen-bond acceptors (Lipinski definition) is 6. The summed E-state index contributed by atoms with van der Waals surface area (Å²) >= 11 is 5.87. The van der Waals surface area contributed by atoms with Gasteiger partial charge in [0.2, 0.25) is 11.0 Å². The van der Waals surface area contributed by atoms with Gasteiger partial charge < -0.3 is 9.80 Å². The second-order valence-electron chi connectivity index (χ2n) is 4.97. The average molecular weight is 300 g/mol. The lowest BCUT2D eigenvalue weighted by Crippen LogP contribution is -2.40. The van der Waals surface area contributed by atoms with Crippen molar-refractivity contribution in [3.05, 3.63) is 21.6 Å². The number of likely N-dealkylation sites (N-methyl/N-ethyl adjacent to an activating group) is 1. The zero-order chi connectivity index (χ0) is 14.7. The molecule has 0 aromatic carbocycles. The maximum absolute atomic E-state index is 11.2. The summed E-state index contributed by atoms with van der Waals surface area (Å²) in [5, 5.41) is 11.1. The van der Waals surface area contributed by atoms with E-state index in [1.165, 1.54) is 6.33 Å². The Kier molecular flexibility index (Phi) is 4.72. The van der Waals surface area contributed by atoms with Crippen molar-refractivity contribution in [1.29, 1.82) is 0 Å². The predicted octanol–water partition coefficient (Wildman–Crippen LogP) is 1.96. The van der Waals surface area contributed by atoms with Crippen LogP contribution in [0.4, 0.5) is 11.5 Å². The van der Waals surface area contributed by atoms with Crippen molar-refractivity contribution in [2.45, 2.75) is 25.8 Å². The molecule has 0 spiro atoms. The number of hydrogen-bond donors (Lipinski definition) is 0. The number of aromatic nitrogens is 2. The summed E-state index contributed by atoms with van der Waals surface area (Å²) in [6.07, 6.45) is 3.11. The van der Waals surface area contributed by atoms with Gasteiger partial charge in [-0.1, -0.05) is 18.5 Å². The van der Waals surface area contributed by atoms with Crippen LogP contribution in [0.2, 0.25) is 5.15 Å². The molecule has 1 aliphatic rings. The fourth-order valence-corrected chi connectivity index (χ4v) is 2.78. The lowest BCUT2D eigenvalue weighted by Gasteiger charge is -2.30. The Balaban J connectivity index is 2.43. The molecule has 0 bridgehead atoms. The van der Waals surface area contributed by atoms with Crippen LogP contribution in [0.25, 0.3) is 0 Å². The molecule has 0 radical (unpaired) electrons. The standard InChI is InChI=1S/C12H18ClN5O2/c1-3-9-7-16(2)5-4-6-17(9)12-10(18(19)20)11(13)14-8-15-12/h8-9H,3-7H2,1-2H3. The molecule has 20 heavy (non-hydrogen) atoms.